The van der Waals surface area contributed by atoms with Crippen molar-refractivity contribution in [3.8, 4) is 10.6 Å². The smallest absolute Gasteiger partial charge is 0.263 e. The molecule has 1 N–H and O–H groups in total. The van der Waals surface area contributed by atoms with Crippen LogP contribution in [0.2, 0.25) is 0 Å². The fourth-order valence-corrected chi connectivity index (χ4v) is 6.77. The molecule has 33 heavy (non-hydrogen) atoms. The molecule has 0 unspecified atom stereocenters. The molecule has 3 aromatic heterocycles. The Labute approximate surface area is 202 Å². The van der Waals surface area contributed by atoms with E-state index in [0.717, 1.165) is 51.2 Å². The molecule has 10 heteroatoms. The molecule has 0 aliphatic heterocycles. The number of nitrogens with one attached hydrogen (secondary N) is 1. The molecule has 1 aliphatic carbocycles. The van der Waals surface area contributed by atoms with Gasteiger partial charge in [0, 0.05) is 17.0 Å². The largest absolute Gasteiger partial charge is 0.293 e. The molecule has 1 aliphatic rings. The Morgan fingerprint density at radius 1 is 1.30 bits per heavy atom. The molecule has 0 saturated carbocycles. The van der Waals surface area contributed by atoms with Crippen molar-refractivity contribution in [1.29, 1.82) is 0 Å². The average Bonchev–Trinajstić information content (AvgIpc) is 3.51. The highest BCUT2D eigenvalue weighted by Crippen LogP contribution is 2.35. The van der Waals surface area contributed by atoms with Gasteiger partial charge in [-0.3, -0.25) is 19.5 Å². The minimum atomic E-state index is -0.248. The fraction of sp³-hybridized carbons (Fsp3) is 0.261. The van der Waals surface area contributed by atoms with E-state index in [1.807, 2.05) is 31.2 Å². The molecule has 0 radical (unpaired) electrons. The van der Waals surface area contributed by atoms with Gasteiger partial charge in [-0.25, -0.2) is 4.98 Å². The van der Waals surface area contributed by atoms with Crippen LogP contribution in [-0.4, -0.2) is 30.6 Å². The Hall–Kier alpha value is -2.82. The van der Waals surface area contributed by atoms with Crippen LogP contribution >= 0.6 is 34.6 Å². The van der Waals surface area contributed by atoms with Gasteiger partial charge in [0.1, 0.15) is 9.84 Å². The zero-order chi connectivity index (χ0) is 22.9. The van der Waals surface area contributed by atoms with Crippen molar-refractivity contribution in [3.05, 3.63) is 63.3 Å². The molecule has 1 amide bonds. The number of aryl methyl sites for hydroxylation is 3. The lowest BCUT2D eigenvalue weighted by Gasteiger charge is -2.10. The summed E-state index contributed by atoms with van der Waals surface area (Å²) < 4.78 is 5.87. The van der Waals surface area contributed by atoms with Gasteiger partial charge in [-0.05, 0) is 48.8 Å². The molecular weight excluding hydrogens is 474 g/mol. The second kappa shape index (κ2) is 9.20. The third-order valence-corrected chi connectivity index (χ3v) is 8.40. The number of benzene rings is 1. The van der Waals surface area contributed by atoms with E-state index in [0.29, 0.717) is 11.7 Å². The number of allylic oxidation sites excluding steroid dienone is 1. The van der Waals surface area contributed by atoms with Crippen LogP contribution in [0.15, 0.2) is 46.9 Å². The number of fused-ring (bicyclic) bond motifs is 3. The topological polar surface area (TPSA) is 89.8 Å². The van der Waals surface area contributed by atoms with Gasteiger partial charge >= 0.3 is 0 Å². The Balaban J connectivity index is 1.33. The van der Waals surface area contributed by atoms with Crippen LogP contribution in [0.4, 0.5) is 5.95 Å². The summed E-state index contributed by atoms with van der Waals surface area (Å²) in [6.07, 6.45) is 4.70. The van der Waals surface area contributed by atoms with Crippen molar-refractivity contribution < 1.29 is 4.79 Å². The van der Waals surface area contributed by atoms with E-state index in [2.05, 4.69) is 21.3 Å². The summed E-state index contributed by atoms with van der Waals surface area (Å²) in [5.74, 6) is 0.131. The van der Waals surface area contributed by atoms with Crippen molar-refractivity contribution in [2.75, 3.05) is 11.1 Å². The fourth-order valence-electron chi connectivity index (χ4n) is 3.95. The molecule has 0 saturated heterocycles. The number of anilines is 1. The monoisotopic (exact) mass is 495 g/mol. The SMILES string of the molecule is C=CCn1c(SCC(=O)Nc2nsc(-c3ccccc3C)n2)nc2sc3c(c2c1=O)CCC3. The summed E-state index contributed by atoms with van der Waals surface area (Å²) in [7, 11) is 0. The maximum atomic E-state index is 13.2. The Bertz CT molecular complexity index is 1440. The van der Waals surface area contributed by atoms with E-state index in [1.165, 1.54) is 28.2 Å². The normalized spacial score (nSPS) is 12.8. The lowest BCUT2D eigenvalue weighted by molar-refractivity contribution is -0.113. The molecular formula is C23H21N5O2S3. The number of hydrogen-bond donors (Lipinski definition) is 1. The van der Waals surface area contributed by atoms with Gasteiger partial charge in [-0.15, -0.1) is 17.9 Å². The van der Waals surface area contributed by atoms with E-state index >= 15 is 0 Å². The van der Waals surface area contributed by atoms with Gasteiger partial charge in [0.15, 0.2) is 5.16 Å². The predicted molar refractivity (Wildman–Crippen MR) is 136 cm³/mol. The molecule has 7 nitrogen and oxygen atoms in total. The third kappa shape index (κ3) is 4.25. The summed E-state index contributed by atoms with van der Waals surface area (Å²) in [6.45, 7) is 6.14. The lowest BCUT2D eigenvalue weighted by Crippen LogP contribution is -2.24. The summed E-state index contributed by atoms with van der Waals surface area (Å²) in [5.41, 5.74) is 3.20. The van der Waals surface area contributed by atoms with Gasteiger partial charge in [-0.1, -0.05) is 42.1 Å². The number of rotatable bonds is 7. The van der Waals surface area contributed by atoms with Gasteiger partial charge in [0.25, 0.3) is 5.56 Å². The number of thiophene rings is 1. The Morgan fingerprint density at radius 3 is 2.97 bits per heavy atom. The van der Waals surface area contributed by atoms with Crippen LogP contribution in [0.3, 0.4) is 0 Å². The van der Waals surface area contributed by atoms with E-state index < -0.39 is 0 Å². The van der Waals surface area contributed by atoms with Gasteiger partial charge in [-0.2, -0.15) is 9.36 Å². The van der Waals surface area contributed by atoms with Crippen LogP contribution in [0, 0.1) is 6.92 Å². The summed E-state index contributed by atoms with van der Waals surface area (Å²) in [4.78, 5) is 37.0. The number of thioether (sulfide) groups is 1. The first kappa shape index (κ1) is 22.0. The molecule has 168 valence electrons. The quantitative estimate of drug-likeness (QED) is 0.227. The van der Waals surface area contributed by atoms with Crippen LogP contribution < -0.4 is 10.9 Å². The van der Waals surface area contributed by atoms with Crippen molar-refractivity contribution in [3.63, 3.8) is 0 Å². The second-order valence-corrected chi connectivity index (χ2v) is 10.5. The van der Waals surface area contributed by atoms with Crippen LogP contribution in [-0.2, 0) is 24.2 Å². The number of hydrogen-bond acceptors (Lipinski definition) is 8. The summed E-state index contributed by atoms with van der Waals surface area (Å²) in [6, 6.07) is 7.92. The molecule has 0 spiro atoms. The molecule has 0 fully saturated rings. The number of aromatic nitrogens is 4. The zero-order valence-electron chi connectivity index (χ0n) is 18.0. The number of amides is 1. The van der Waals surface area contributed by atoms with Crippen molar-refractivity contribution in [2.24, 2.45) is 0 Å². The standard InChI is InChI=1S/C23H21N5O2S3/c1-3-11-28-21(30)18-15-9-6-10-16(15)32-20(18)26-23(28)31-12-17(29)24-22-25-19(33-27-22)14-8-5-4-7-13(14)2/h3-5,7-8H,1,6,9-12H2,2H3,(H,24,27,29). The maximum absolute atomic E-state index is 13.2. The maximum Gasteiger partial charge on any atom is 0.263 e. The second-order valence-electron chi connectivity index (χ2n) is 7.71. The summed E-state index contributed by atoms with van der Waals surface area (Å²) in [5, 5.41) is 4.77. The van der Waals surface area contributed by atoms with Crippen molar-refractivity contribution in [2.45, 2.75) is 37.9 Å². The Kier molecular flexibility index (Phi) is 6.13. The predicted octanol–water partition coefficient (Wildman–Crippen LogP) is 4.69. The van der Waals surface area contributed by atoms with Gasteiger partial charge in [0.2, 0.25) is 11.9 Å². The highest BCUT2D eigenvalue weighted by atomic mass is 32.2. The molecule has 5 rings (SSSR count). The van der Waals surface area contributed by atoms with Gasteiger partial charge in [0.05, 0.1) is 11.1 Å². The molecule has 3 heterocycles. The molecule has 0 atom stereocenters. The molecule has 4 aromatic rings. The minimum Gasteiger partial charge on any atom is -0.293 e. The van der Waals surface area contributed by atoms with Crippen molar-refractivity contribution in [1.82, 2.24) is 18.9 Å². The van der Waals surface area contributed by atoms with E-state index in [4.69, 9.17) is 4.98 Å². The third-order valence-electron chi connectivity index (χ3n) is 5.49. The lowest BCUT2D eigenvalue weighted by atomic mass is 10.1. The van der Waals surface area contributed by atoms with Crippen molar-refractivity contribution >= 4 is 56.7 Å². The molecule has 0 bridgehead atoms. The number of nitrogens with zero attached hydrogens (tertiary/aromatic N) is 4. The van der Waals surface area contributed by atoms with E-state index in [1.54, 1.807) is 22.0 Å². The van der Waals surface area contributed by atoms with Crippen LogP contribution in [0.25, 0.3) is 20.8 Å². The van der Waals surface area contributed by atoms with Gasteiger partial charge < -0.3 is 0 Å². The van der Waals surface area contributed by atoms with E-state index in [-0.39, 0.29) is 23.2 Å². The van der Waals surface area contributed by atoms with E-state index in [9.17, 15) is 9.59 Å². The zero-order valence-corrected chi connectivity index (χ0v) is 20.4. The highest BCUT2D eigenvalue weighted by molar-refractivity contribution is 7.99. The first-order valence-electron chi connectivity index (χ1n) is 10.5. The molecule has 1 aromatic carbocycles. The number of carbonyl (C=O) groups excluding carboxylic acids is 1. The minimum absolute atomic E-state index is 0.0498. The van der Waals surface area contributed by atoms with Crippen LogP contribution in [0.1, 0.15) is 22.4 Å². The Morgan fingerprint density at radius 2 is 2.15 bits per heavy atom. The first-order valence-corrected chi connectivity index (χ1v) is 13.1. The highest BCUT2D eigenvalue weighted by Gasteiger charge is 2.23. The average molecular weight is 496 g/mol. The number of carbonyl (C=O) groups is 1. The first-order chi connectivity index (χ1) is 16.0. The van der Waals surface area contributed by atoms with Crippen LogP contribution in [0.5, 0.6) is 0 Å². The summed E-state index contributed by atoms with van der Waals surface area (Å²) >= 11 is 4.08.